The van der Waals surface area contributed by atoms with Crippen molar-refractivity contribution in [3.63, 3.8) is 0 Å². The van der Waals surface area contributed by atoms with E-state index < -0.39 is 5.97 Å². The zero-order chi connectivity index (χ0) is 13.2. The average molecular weight is 254 g/mol. The van der Waals surface area contributed by atoms with Crippen molar-refractivity contribution < 1.29 is 14.6 Å². The Labute approximate surface area is 111 Å². The first-order valence-corrected chi connectivity index (χ1v) is 6.34. The summed E-state index contributed by atoms with van der Waals surface area (Å²) in [6.45, 7) is 0.623. The molecule has 1 aliphatic rings. The molecular formula is C16H14O3. The van der Waals surface area contributed by atoms with Gasteiger partial charge < -0.3 is 9.84 Å². The molecule has 2 aromatic rings. The molecule has 0 saturated heterocycles. The van der Waals surface area contributed by atoms with Gasteiger partial charge in [0.15, 0.2) is 0 Å². The largest absolute Gasteiger partial charge is 0.492 e. The second-order valence-corrected chi connectivity index (χ2v) is 4.62. The van der Waals surface area contributed by atoms with Gasteiger partial charge in [-0.25, -0.2) is 4.79 Å². The van der Waals surface area contributed by atoms with Crippen LogP contribution >= 0.6 is 0 Å². The Balaban J connectivity index is 2.26. The number of carboxylic acid groups (broad SMARTS) is 1. The predicted octanol–water partition coefficient (Wildman–Crippen LogP) is 3.48. The highest BCUT2D eigenvalue weighted by Crippen LogP contribution is 2.37. The molecule has 0 spiro atoms. The fraction of sp³-hybridized carbons (Fsp3) is 0.188. The van der Waals surface area contributed by atoms with Crippen LogP contribution in [0.25, 0.3) is 16.3 Å². The van der Waals surface area contributed by atoms with E-state index >= 15 is 0 Å². The summed E-state index contributed by atoms with van der Waals surface area (Å²) in [7, 11) is 0. The van der Waals surface area contributed by atoms with Crippen molar-refractivity contribution in [3.05, 3.63) is 48.0 Å². The number of hydrogen-bond donors (Lipinski definition) is 1. The van der Waals surface area contributed by atoms with Crippen LogP contribution in [0.2, 0.25) is 0 Å². The van der Waals surface area contributed by atoms with E-state index in [1.807, 2.05) is 36.4 Å². The molecule has 19 heavy (non-hydrogen) atoms. The van der Waals surface area contributed by atoms with Gasteiger partial charge in [0.2, 0.25) is 0 Å². The Morgan fingerprint density at radius 3 is 2.89 bits per heavy atom. The molecule has 3 nitrogen and oxygen atoms in total. The fourth-order valence-electron chi connectivity index (χ4n) is 2.52. The third kappa shape index (κ3) is 2.19. The SMILES string of the molecule is O=C(O)/C=C1\CCCOc2c1ccc1ccccc21. The summed E-state index contributed by atoms with van der Waals surface area (Å²) >= 11 is 0. The van der Waals surface area contributed by atoms with E-state index in [0.29, 0.717) is 6.61 Å². The van der Waals surface area contributed by atoms with Crippen LogP contribution in [0.15, 0.2) is 42.5 Å². The molecule has 0 fully saturated rings. The van der Waals surface area contributed by atoms with Gasteiger partial charge in [-0.05, 0) is 23.8 Å². The van der Waals surface area contributed by atoms with Crippen LogP contribution < -0.4 is 4.74 Å². The Kier molecular flexibility index (Phi) is 2.95. The molecule has 0 atom stereocenters. The Morgan fingerprint density at radius 2 is 2.05 bits per heavy atom. The summed E-state index contributed by atoms with van der Waals surface area (Å²) in [6, 6.07) is 12.0. The van der Waals surface area contributed by atoms with E-state index in [0.717, 1.165) is 40.5 Å². The van der Waals surface area contributed by atoms with Gasteiger partial charge in [-0.15, -0.1) is 0 Å². The Morgan fingerprint density at radius 1 is 1.21 bits per heavy atom. The molecule has 0 amide bonds. The Hall–Kier alpha value is -2.29. The van der Waals surface area contributed by atoms with E-state index in [4.69, 9.17) is 9.84 Å². The minimum atomic E-state index is -0.906. The van der Waals surface area contributed by atoms with Gasteiger partial charge in [-0.1, -0.05) is 36.4 Å². The highest BCUT2D eigenvalue weighted by atomic mass is 16.5. The number of benzene rings is 2. The van der Waals surface area contributed by atoms with E-state index in [9.17, 15) is 4.79 Å². The second kappa shape index (κ2) is 4.76. The van der Waals surface area contributed by atoms with E-state index in [1.54, 1.807) is 0 Å². The molecule has 96 valence electrons. The minimum Gasteiger partial charge on any atom is -0.492 e. The van der Waals surface area contributed by atoms with E-state index in [-0.39, 0.29) is 0 Å². The molecule has 1 heterocycles. The van der Waals surface area contributed by atoms with Crippen molar-refractivity contribution in [1.82, 2.24) is 0 Å². The molecule has 3 heteroatoms. The predicted molar refractivity (Wildman–Crippen MR) is 74.3 cm³/mol. The quantitative estimate of drug-likeness (QED) is 0.792. The maximum Gasteiger partial charge on any atom is 0.328 e. The van der Waals surface area contributed by atoms with Crippen molar-refractivity contribution in [1.29, 1.82) is 0 Å². The zero-order valence-corrected chi connectivity index (χ0v) is 10.4. The summed E-state index contributed by atoms with van der Waals surface area (Å²) in [5, 5.41) is 11.1. The summed E-state index contributed by atoms with van der Waals surface area (Å²) in [5.74, 6) is -0.0980. The number of carbonyl (C=O) groups is 1. The van der Waals surface area contributed by atoms with Crippen LogP contribution in [0.1, 0.15) is 18.4 Å². The molecule has 0 aromatic heterocycles. The number of rotatable bonds is 1. The minimum absolute atomic E-state index is 0.623. The molecule has 0 bridgehead atoms. The normalized spacial score (nSPS) is 16.7. The molecule has 0 radical (unpaired) electrons. The third-order valence-electron chi connectivity index (χ3n) is 3.36. The van der Waals surface area contributed by atoms with Crippen molar-refractivity contribution in [3.8, 4) is 5.75 Å². The maximum absolute atomic E-state index is 10.9. The Bertz CT molecular complexity index is 671. The first-order valence-electron chi connectivity index (χ1n) is 6.34. The van der Waals surface area contributed by atoms with Gasteiger partial charge in [-0.3, -0.25) is 0 Å². The molecule has 3 rings (SSSR count). The second-order valence-electron chi connectivity index (χ2n) is 4.62. The number of allylic oxidation sites excluding steroid dienone is 1. The monoisotopic (exact) mass is 254 g/mol. The molecular weight excluding hydrogens is 240 g/mol. The van der Waals surface area contributed by atoms with Gasteiger partial charge in [0, 0.05) is 17.0 Å². The number of aliphatic carboxylic acids is 1. The van der Waals surface area contributed by atoms with Gasteiger partial charge in [-0.2, -0.15) is 0 Å². The topological polar surface area (TPSA) is 46.5 Å². The van der Waals surface area contributed by atoms with E-state index in [2.05, 4.69) is 0 Å². The summed E-state index contributed by atoms with van der Waals surface area (Å²) in [5.41, 5.74) is 1.74. The van der Waals surface area contributed by atoms with Crippen LogP contribution in [-0.4, -0.2) is 17.7 Å². The highest BCUT2D eigenvalue weighted by molar-refractivity contribution is 5.97. The van der Waals surface area contributed by atoms with E-state index in [1.165, 1.54) is 6.08 Å². The lowest BCUT2D eigenvalue weighted by molar-refractivity contribution is -0.131. The molecule has 0 aliphatic carbocycles. The van der Waals surface area contributed by atoms with Gasteiger partial charge in [0.05, 0.1) is 6.61 Å². The molecule has 1 aliphatic heterocycles. The van der Waals surface area contributed by atoms with Gasteiger partial charge in [0.1, 0.15) is 5.75 Å². The lowest BCUT2D eigenvalue weighted by Crippen LogP contribution is -1.95. The van der Waals surface area contributed by atoms with Crippen LogP contribution in [0.5, 0.6) is 5.75 Å². The first-order chi connectivity index (χ1) is 9.25. The molecule has 0 saturated carbocycles. The number of ether oxygens (including phenoxy) is 1. The maximum atomic E-state index is 10.9. The average Bonchev–Trinajstić information content (AvgIpc) is 2.61. The smallest absolute Gasteiger partial charge is 0.328 e. The zero-order valence-electron chi connectivity index (χ0n) is 10.4. The highest BCUT2D eigenvalue weighted by Gasteiger charge is 2.17. The first kappa shape index (κ1) is 11.8. The van der Waals surface area contributed by atoms with Gasteiger partial charge >= 0.3 is 5.97 Å². The number of hydrogen-bond acceptors (Lipinski definition) is 2. The van der Waals surface area contributed by atoms with Gasteiger partial charge in [0.25, 0.3) is 0 Å². The van der Waals surface area contributed by atoms with Crippen molar-refractivity contribution in [2.24, 2.45) is 0 Å². The lowest BCUT2D eigenvalue weighted by Gasteiger charge is -2.11. The number of fused-ring (bicyclic) bond motifs is 3. The summed E-state index contributed by atoms with van der Waals surface area (Å²) in [4.78, 5) is 10.9. The van der Waals surface area contributed by atoms with Crippen molar-refractivity contribution in [2.75, 3.05) is 6.61 Å². The third-order valence-corrected chi connectivity index (χ3v) is 3.36. The fourth-order valence-corrected chi connectivity index (χ4v) is 2.52. The number of carboxylic acids is 1. The summed E-state index contributed by atoms with van der Waals surface area (Å²) < 4.78 is 5.84. The van der Waals surface area contributed by atoms with Crippen molar-refractivity contribution >= 4 is 22.3 Å². The van der Waals surface area contributed by atoms with Crippen molar-refractivity contribution in [2.45, 2.75) is 12.8 Å². The van der Waals surface area contributed by atoms with Crippen LogP contribution in [0.3, 0.4) is 0 Å². The van der Waals surface area contributed by atoms with Crippen LogP contribution in [0, 0.1) is 0 Å². The van der Waals surface area contributed by atoms with Crippen LogP contribution in [-0.2, 0) is 4.79 Å². The lowest BCUT2D eigenvalue weighted by atomic mass is 9.97. The van der Waals surface area contributed by atoms with Crippen LogP contribution in [0.4, 0.5) is 0 Å². The standard InChI is InChI=1S/C16H14O3/c17-15(18)10-12-5-3-9-19-16-13-6-2-1-4-11(13)7-8-14(12)16/h1-2,4,6-8,10H,3,5,9H2,(H,17,18)/b12-10+. The molecule has 1 N–H and O–H groups in total. The molecule has 0 unspecified atom stereocenters. The summed E-state index contributed by atoms with van der Waals surface area (Å²) in [6.07, 6.45) is 2.86. The molecule has 2 aromatic carbocycles.